The predicted octanol–water partition coefficient (Wildman–Crippen LogP) is 2.95. The lowest BCUT2D eigenvalue weighted by Gasteiger charge is -2.33. The van der Waals surface area contributed by atoms with Gasteiger partial charge in [-0.05, 0) is 51.2 Å². The van der Waals surface area contributed by atoms with Gasteiger partial charge in [0, 0.05) is 57.0 Å². The Morgan fingerprint density at radius 2 is 2.13 bits per heavy atom. The summed E-state index contributed by atoms with van der Waals surface area (Å²) in [6.45, 7) is 5.90. The summed E-state index contributed by atoms with van der Waals surface area (Å²) in [4.78, 5) is 33.3. The Morgan fingerprint density at radius 3 is 2.83 bits per heavy atom. The summed E-state index contributed by atoms with van der Waals surface area (Å²) in [5.74, 6) is 1.37. The van der Waals surface area contributed by atoms with Gasteiger partial charge in [0.05, 0.1) is 12.1 Å². The SMILES string of the molecule is Cc1noc(C)c1CC(=O)N1CCC[C@@H](CCC(=O)N(C)CCc2ccccn2)C1. The molecule has 162 valence electrons. The maximum Gasteiger partial charge on any atom is 0.227 e. The average Bonchev–Trinajstić information content (AvgIpc) is 3.08. The lowest BCUT2D eigenvalue weighted by atomic mass is 9.92. The van der Waals surface area contributed by atoms with Crippen molar-refractivity contribution in [1.82, 2.24) is 19.9 Å². The van der Waals surface area contributed by atoms with Gasteiger partial charge in [0.1, 0.15) is 5.76 Å². The van der Waals surface area contributed by atoms with Crippen LogP contribution in [0.2, 0.25) is 0 Å². The summed E-state index contributed by atoms with van der Waals surface area (Å²) in [5.41, 5.74) is 2.68. The normalized spacial score (nSPS) is 16.5. The second kappa shape index (κ2) is 10.4. The fourth-order valence-electron chi connectivity index (χ4n) is 4.02. The van der Waals surface area contributed by atoms with Gasteiger partial charge >= 0.3 is 0 Å². The van der Waals surface area contributed by atoms with Gasteiger partial charge < -0.3 is 14.3 Å². The van der Waals surface area contributed by atoms with Crippen LogP contribution in [0, 0.1) is 19.8 Å². The van der Waals surface area contributed by atoms with Crippen LogP contribution >= 0.6 is 0 Å². The van der Waals surface area contributed by atoms with Gasteiger partial charge in [-0.1, -0.05) is 11.2 Å². The van der Waals surface area contributed by atoms with Crippen molar-refractivity contribution in [3.63, 3.8) is 0 Å². The Morgan fingerprint density at radius 1 is 1.30 bits per heavy atom. The van der Waals surface area contributed by atoms with E-state index in [4.69, 9.17) is 4.52 Å². The summed E-state index contributed by atoms with van der Waals surface area (Å²) in [7, 11) is 1.85. The number of amides is 2. The number of pyridine rings is 1. The number of hydrogen-bond acceptors (Lipinski definition) is 5. The van der Waals surface area contributed by atoms with Gasteiger partial charge in [-0.2, -0.15) is 0 Å². The minimum Gasteiger partial charge on any atom is -0.361 e. The van der Waals surface area contributed by atoms with E-state index in [1.807, 2.05) is 44.0 Å². The highest BCUT2D eigenvalue weighted by atomic mass is 16.5. The summed E-state index contributed by atoms with van der Waals surface area (Å²) in [5, 5.41) is 3.94. The van der Waals surface area contributed by atoms with E-state index in [1.54, 1.807) is 11.1 Å². The predicted molar refractivity (Wildman–Crippen MR) is 114 cm³/mol. The minimum atomic E-state index is 0.118. The third kappa shape index (κ3) is 5.90. The molecule has 7 heteroatoms. The number of likely N-dealkylation sites (N-methyl/N-ethyl adjacent to an activating group) is 1. The number of piperidine rings is 1. The molecule has 0 radical (unpaired) electrons. The molecule has 1 aliphatic heterocycles. The van der Waals surface area contributed by atoms with E-state index >= 15 is 0 Å². The lowest BCUT2D eigenvalue weighted by molar-refractivity contribution is -0.132. The maximum absolute atomic E-state index is 12.8. The van der Waals surface area contributed by atoms with Crippen LogP contribution in [0.15, 0.2) is 28.9 Å². The molecule has 3 rings (SSSR count). The van der Waals surface area contributed by atoms with Crippen molar-refractivity contribution in [2.75, 3.05) is 26.7 Å². The maximum atomic E-state index is 12.8. The molecule has 0 aromatic carbocycles. The smallest absolute Gasteiger partial charge is 0.227 e. The third-order valence-corrected chi connectivity index (χ3v) is 6.00. The van der Waals surface area contributed by atoms with Crippen LogP contribution in [0.4, 0.5) is 0 Å². The fraction of sp³-hybridized carbons (Fsp3) is 0.565. The quantitative estimate of drug-likeness (QED) is 0.666. The molecule has 2 aromatic rings. The number of carbonyl (C=O) groups excluding carboxylic acids is 2. The first-order chi connectivity index (χ1) is 14.4. The molecule has 0 spiro atoms. The first-order valence-electron chi connectivity index (χ1n) is 10.8. The van der Waals surface area contributed by atoms with E-state index in [-0.39, 0.29) is 11.8 Å². The lowest BCUT2D eigenvalue weighted by Crippen LogP contribution is -2.41. The van der Waals surface area contributed by atoms with Crippen molar-refractivity contribution in [2.45, 2.75) is 52.4 Å². The van der Waals surface area contributed by atoms with E-state index in [9.17, 15) is 9.59 Å². The second-order valence-electron chi connectivity index (χ2n) is 8.25. The summed E-state index contributed by atoms with van der Waals surface area (Å²) in [6.07, 6.45) is 6.28. The van der Waals surface area contributed by atoms with Gasteiger partial charge in [-0.3, -0.25) is 14.6 Å². The van der Waals surface area contributed by atoms with Crippen LogP contribution in [0.3, 0.4) is 0 Å². The van der Waals surface area contributed by atoms with Crippen molar-refractivity contribution in [1.29, 1.82) is 0 Å². The summed E-state index contributed by atoms with van der Waals surface area (Å²) < 4.78 is 5.17. The van der Waals surface area contributed by atoms with Crippen LogP contribution in [-0.2, 0) is 22.4 Å². The first kappa shape index (κ1) is 22.0. The van der Waals surface area contributed by atoms with E-state index in [1.165, 1.54) is 0 Å². The molecule has 1 saturated heterocycles. The molecule has 0 unspecified atom stereocenters. The molecular weight excluding hydrogens is 380 g/mol. The number of likely N-dealkylation sites (tertiary alicyclic amines) is 1. The van der Waals surface area contributed by atoms with E-state index in [0.29, 0.717) is 31.1 Å². The molecule has 0 aliphatic carbocycles. The van der Waals surface area contributed by atoms with Crippen molar-refractivity contribution < 1.29 is 14.1 Å². The molecule has 0 N–H and O–H groups in total. The molecule has 0 saturated carbocycles. The zero-order chi connectivity index (χ0) is 21.5. The first-order valence-corrected chi connectivity index (χ1v) is 10.8. The standard InChI is InChI=1S/C23H32N4O3/c1-17-21(18(2)30-25-17)15-23(29)27-13-6-7-19(16-27)9-10-22(28)26(3)14-11-20-8-4-5-12-24-20/h4-5,8,12,19H,6-7,9-11,13-16H2,1-3H3/t19-/m0/s1. The van der Waals surface area contributed by atoms with Crippen molar-refractivity contribution in [3.05, 3.63) is 47.1 Å². The second-order valence-corrected chi connectivity index (χ2v) is 8.25. The van der Waals surface area contributed by atoms with Gasteiger partial charge in [0.25, 0.3) is 0 Å². The van der Waals surface area contributed by atoms with Gasteiger partial charge in [-0.25, -0.2) is 0 Å². The molecule has 7 nitrogen and oxygen atoms in total. The Hall–Kier alpha value is -2.70. The van der Waals surface area contributed by atoms with Gasteiger partial charge in [0.2, 0.25) is 11.8 Å². The number of hydrogen-bond donors (Lipinski definition) is 0. The molecule has 30 heavy (non-hydrogen) atoms. The molecule has 1 fully saturated rings. The molecule has 1 aliphatic rings. The number of aromatic nitrogens is 2. The van der Waals surface area contributed by atoms with Gasteiger partial charge in [0.15, 0.2) is 0 Å². The van der Waals surface area contributed by atoms with E-state index in [2.05, 4.69) is 10.1 Å². The molecular formula is C23H32N4O3. The Kier molecular flexibility index (Phi) is 7.60. The minimum absolute atomic E-state index is 0.118. The van der Waals surface area contributed by atoms with Crippen LogP contribution in [0.25, 0.3) is 0 Å². The number of aryl methyl sites for hydroxylation is 2. The monoisotopic (exact) mass is 412 g/mol. The zero-order valence-corrected chi connectivity index (χ0v) is 18.3. The van der Waals surface area contributed by atoms with Crippen LogP contribution in [0.5, 0.6) is 0 Å². The van der Waals surface area contributed by atoms with Crippen LogP contribution < -0.4 is 0 Å². The van der Waals surface area contributed by atoms with E-state index < -0.39 is 0 Å². The summed E-state index contributed by atoms with van der Waals surface area (Å²) >= 11 is 0. The van der Waals surface area contributed by atoms with Crippen LogP contribution in [-0.4, -0.2) is 58.4 Å². The largest absolute Gasteiger partial charge is 0.361 e. The highest BCUT2D eigenvalue weighted by Crippen LogP contribution is 2.23. The van der Waals surface area contributed by atoms with Gasteiger partial charge in [-0.15, -0.1) is 0 Å². The zero-order valence-electron chi connectivity index (χ0n) is 18.3. The van der Waals surface area contributed by atoms with Crippen molar-refractivity contribution in [3.8, 4) is 0 Å². The highest BCUT2D eigenvalue weighted by molar-refractivity contribution is 5.79. The molecule has 2 aromatic heterocycles. The topological polar surface area (TPSA) is 79.5 Å². The molecule has 0 bridgehead atoms. The van der Waals surface area contributed by atoms with Crippen molar-refractivity contribution in [2.24, 2.45) is 5.92 Å². The van der Waals surface area contributed by atoms with Crippen molar-refractivity contribution >= 4 is 11.8 Å². The summed E-state index contributed by atoms with van der Waals surface area (Å²) in [6, 6.07) is 5.84. The van der Waals surface area contributed by atoms with Crippen LogP contribution in [0.1, 0.15) is 48.4 Å². The number of rotatable bonds is 8. The molecule has 1 atom stereocenters. The average molecular weight is 413 g/mol. The number of carbonyl (C=O) groups is 2. The Bertz CT molecular complexity index is 830. The molecule has 3 heterocycles. The highest BCUT2D eigenvalue weighted by Gasteiger charge is 2.26. The van der Waals surface area contributed by atoms with E-state index in [0.717, 1.165) is 55.7 Å². The third-order valence-electron chi connectivity index (χ3n) is 6.00. The molecule has 2 amide bonds. The Labute approximate surface area is 178 Å². The number of nitrogens with zero attached hydrogens (tertiary/aromatic N) is 4. The Balaban J connectivity index is 1.43. The fourth-order valence-corrected chi connectivity index (χ4v) is 4.02.